The van der Waals surface area contributed by atoms with Gasteiger partial charge in [0.05, 0.1) is 29.1 Å². The Morgan fingerprint density at radius 2 is 1.95 bits per heavy atom. The molecular formula is C15H13F2N3. The molecule has 3 rings (SSSR count). The summed E-state index contributed by atoms with van der Waals surface area (Å²) in [7, 11) is 0. The minimum atomic E-state index is -0.428. The number of aromatic nitrogens is 3. The largest absolute Gasteiger partial charge is 0.295 e. The summed E-state index contributed by atoms with van der Waals surface area (Å²) in [6.45, 7) is 2.04. The van der Waals surface area contributed by atoms with Gasteiger partial charge in [-0.1, -0.05) is 6.92 Å². The normalized spacial score (nSPS) is 11.2. The number of hydrogen-bond donors (Lipinski definition) is 0. The summed E-state index contributed by atoms with van der Waals surface area (Å²) in [4.78, 5) is 8.35. The zero-order valence-corrected chi connectivity index (χ0v) is 11.0. The van der Waals surface area contributed by atoms with Crippen LogP contribution in [0, 0.1) is 11.6 Å². The van der Waals surface area contributed by atoms with E-state index < -0.39 is 5.82 Å². The molecule has 3 aromatic rings. The molecule has 0 N–H and O–H groups in total. The SMILES string of the molecule is CCCc1nc2ccc(F)cc2n1-c1cncc(F)c1. The molecule has 20 heavy (non-hydrogen) atoms. The van der Waals surface area contributed by atoms with Crippen molar-refractivity contribution in [1.29, 1.82) is 0 Å². The van der Waals surface area contributed by atoms with Gasteiger partial charge in [-0.15, -0.1) is 0 Å². The van der Waals surface area contributed by atoms with E-state index >= 15 is 0 Å². The van der Waals surface area contributed by atoms with Crippen molar-refractivity contribution in [3.63, 3.8) is 0 Å². The van der Waals surface area contributed by atoms with Crippen molar-refractivity contribution in [3.8, 4) is 5.69 Å². The van der Waals surface area contributed by atoms with Crippen LogP contribution in [0.4, 0.5) is 8.78 Å². The molecule has 0 saturated heterocycles. The van der Waals surface area contributed by atoms with Crippen LogP contribution < -0.4 is 0 Å². The third kappa shape index (κ3) is 2.15. The fraction of sp³-hybridized carbons (Fsp3) is 0.200. The molecule has 1 aromatic carbocycles. The summed E-state index contributed by atoms with van der Waals surface area (Å²) < 4.78 is 28.6. The van der Waals surface area contributed by atoms with Crippen molar-refractivity contribution in [1.82, 2.24) is 14.5 Å². The van der Waals surface area contributed by atoms with Crippen LogP contribution in [-0.4, -0.2) is 14.5 Å². The van der Waals surface area contributed by atoms with Gasteiger partial charge in [0.15, 0.2) is 0 Å². The molecule has 0 fully saturated rings. The number of benzene rings is 1. The Morgan fingerprint density at radius 3 is 2.70 bits per heavy atom. The zero-order valence-electron chi connectivity index (χ0n) is 11.0. The van der Waals surface area contributed by atoms with Crippen molar-refractivity contribution in [2.75, 3.05) is 0 Å². The summed E-state index contributed by atoms with van der Waals surface area (Å²) in [6.07, 6.45) is 4.32. The molecule has 0 amide bonds. The molecule has 0 saturated carbocycles. The van der Waals surface area contributed by atoms with Crippen LogP contribution in [0.25, 0.3) is 16.7 Å². The van der Waals surface area contributed by atoms with E-state index in [9.17, 15) is 8.78 Å². The van der Waals surface area contributed by atoms with Crippen LogP contribution >= 0.6 is 0 Å². The van der Waals surface area contributed by atoms with Gasteiger partial charge in [-0.25, -0.2) is 13.8 Å². The molecule has 0 unspecified atom stereocenters. The minimum Gasteiger partial charge on any atom is -0.295 e. The lowest BCUT2D eigenvalue weighted by molar-refractivity contribution is 0.619. The van der Waals surface area contributed by atoms with E-state index in [1.165, 1.54) is 18.2 Å². The summed E-state index contributed by atoms with van der Waals surface area (Å²) in [6, 6.07) is 5.79. The Bertz CT molecular complexity index is 765. The second-order valence-electron chi connectivity index (χ2n) is 4.61. The Morgan fingerprint density at radius 1 is 1.10 bits per heavy atom. The van der Waals surface area contributed by atoms with Crippen LogP contribution in [0.3, 0.4) is 0 Å². The molecule has 3 nitrogen and oxygen atoms in total. The van der Waals surface area contributed by atoms with Crippen molar-refractivity contribution < 1.29 is 8.78 Å². The van der Waals surface area contributed by atoms with Crippen molar-refractivity contribution in [2.24, 2.45) is 0 Å². The van der Waals surface area contributed by atoms with E-state index in [-0.39, 0.29) is 5.82 Å². The molecule has 0 aliphatic heterocycles. The van der Waals surface area contributed by atoms with Crippen LogP contribution in [0.5, 0.6) is 0 Å². The molecule has 102 valence electrons. The molecule has 0 radical (unpaired) electrons. The Balaban J connectivity index is 2.30. The Labute approximate surface area is 114 Å². The fourth-order valence-electron chi connectivity index (χ4n) is 2.30. The first-order chi connectivity index (χ1) is 9.69. The molecular weight excluding hydrogens is 260 g/mol. The van der Waals surface area contributed by atoms with Gasteiger partial charge in [0.1, 0.15) is 17.5 Å². The number of nitrogens with zero attached hydrogens (tertiary/aromatic N) is 3. The second kappa shape index (κ2) is 5.00. The van der Waals surface area contributed by atoms with E-state index in [2.05, 4.69) is 9.97 Å². The van der Waals surface area contributed by atoms with Gasteiger partial charge in [-0.05, 0) is 18.6 Å². The summed E-state index contributed by atoms with van der Waals surface area (Å²) in [5, 5.41) is 0. The average molecular weight is 273 g/mol. The predicted molar refractivity (Wildman–Crippen MR) is 72.8 cm³/mol. The number of aryl methyl sites for hydroxylation is 1. The molecule has 0 atom stereocenters. The molecule has 2 heterocycles. The predicted octanol–water partition coefficient (Wildman–Crippen LogP) is 3.65. The first kappa shape index (κ1) is 12.7. The Hall–Kier alpha value is -2.30. The van der Waals surface area contributed by atoms with Gasteiger partial charge in [0.2, 0.25) is 0 Å². The second-order valence-corrected chi connectivity index (χ2v) is 4.61. The highest BCUT2D eigenvalue weighted by Crippen LogP contribution is 2.23. The van der Waals surface area contributed by atoms with Gasteiger partial charge >= 0.3 is 0 Å². The van der Waals surface area contributed by atoms with Crippen LogP contribution in [-0.2, 0) is 6.42 Å². The molecule has 0 aliphatic carbocycles. The van der Waals surface area contributed by atoms with Gasteiger partial charge < -0.3 is 0 Å². The summed E-state index contributed by atoms with van der Waals surface area (Å²) in [5.74, 6) is 0.00904. The van der Waals surface area contributed by atoms with E-state index in [1.54, 1.807) is 16.8 Å². The summed E-state index contributed by atoms with van der Waals surface area (Å²) in [5.41, 5.74) is 1.88. The number of rotatable bonds is 3. The highest BCUT2D eigenvalue weighted by atomic mass is 19.1. The number of fused-ring (bicyclic) bond motifs is 1. The molecule has 0 spiro atoms. The van der Waals surface area contributed by atoms with Gasteiger partial charge in [0, 0.05) is 18.6 Å². The maximum Gasteiger partial charge on any atom is 0.143 e. The highest BCUT2D eigenvalue weighted by Gasteiger charge is 2.13. The van der Waals surface area contributed by atoms with Crippen molar-refractivity contribution >= 4 is 11.0 Å². The molecule has 0 bridgehead atoms. The van der Waals surface area contributed by atoms with E-state index in [4.69, 9.17) is 0 Å². The highest BCUT2D eigenvalue weighted by molar-refractivity contribution is 5.78. The smallest absolute Gasteiger partial charge is 0.143 e. The first-order valence-corrected chi connectivity index (χ1v) is 6.47. The number of hydrogen-bond acceptors (Lipinski definition) is 2. The molecule has 0 aliphatic rings. The van der Waals surface area contributed by atoms with Crippen LogP contribution in [0.2, 0.25) is 0 Å². The van der Waals surface area contributed by atoms with Crippen LogP contribution in [0.1, 0.15) is 19.2 Å². The van der Waals surface area contributed by atoms with E-state index in [1.807, 2.05) is 6.92 Å². The summed E-state index contributed by atoms with van der Waals surface area (Å²) >= 11 is 0. The first-order valence-electron chi connectivity index (χ1n) is 6.47. The van der Waals surface area contributed by atoms with Gasteiger partial charge in [0.25, 0.3) is 0 Å². The number of halogens is 2. The van der Waals surface area contributed by atoms with Crippen molar-refractivity contribution in [3.05, 3.63) is 54.1 Å². The number of imidazole rings is 1. The minimum absolute atomic E-state index is 0.342. The third-order valence-electron chi connectivity index (χ3n) is 3.11. The maximum atomic E-state index is 13.5. The maximum absolute atomic E-state index is 13.5. The fourth-order valence-corrected chi connectivity index (χ4v) is 2.30. The monoisotopic (exact) mass is 273 g/mol. The third-order valence-corrected chi connectivity index (χ3v) is 3.11. The van der Waals surface area contributed by atoms with Crippen LogP contribution in [0.15, 0.2) is 36.7 Å². The standard InChI is InChI=1S/C15H13F2N3/c1-2-3-15-19-13-5-4-10(16)7-14(13)20(15)12-6-11(17)8-18-9-12/h4-9H,2-3H2,1H3. The molecule has 5 heteroatoms. The zero-order chi connectivity index (χ0) is 14.1. The number of pyridine rings is 1. The van der Waals surface area contributed by atoms with E-state index in [0.29, 0.717) is 16.7 Å². The molecule has 2 aromatic heterocycles. The lowest BCUT2D eigenvalue weighted by Gasteiger charge is -2.08. The lowest BCUT2D eigenvalue weighted by atomic mass is 10.3. The van der Waals surface area contributed by atoms with Crippen molar-refractivity contribution in [2.45, 2.75) is 19.8 Å². The van der Waals surface area contributed by atoms with Gasteiger partial charge in [-0.2, -0.15) is 0 Å². The lowest BCUT2D eigenvalue weighted by Crippen LogP contribution is -2.02. The average Bonchev–Trinajstić information content (AvgIpc) is 2.76. The van der Waals surface area contributed by atoms with Gasteiger partial charge in [-0.3, -0.25) is 9.55 Å². The quantitative estimate of drug-likeness (QED) is 0.729. The Kier molecular flexibility index (Phi) is 3.18. The van der Waals surface area contributed by atoms with E-state index in [0.717, 1.165) is 24.9 Å². The topological polar surface area (TPSA) is 30.7 Å².